The average Bonchev–Trinajstić information content (AvgIpc) is 1.00. The molecule has 0 aliphatic heterocycles. The number of halogens is 3. The summed E-state index contributed by atoms with van der Waals surface area (Å²) in [6.07, 6.45) is 0. The molecule has 0 saturated heterocycles. The SMILES string of the molecule is Br.Cl.Cl.[CH3][AlH2]. The van der Waals surface area contributed by atoms with Crippen molar-refractivity contribution in [3.63, 3.8) is 0 Å². The Bertz CT molecular complexity index is 9.61. The third kappa shape index (κ3) is 28.5. The van der Waals surface area contributed by atoms with Crippen LogP contribution in [0.4, 0.5) is 0 Å². The summed E-state index contributed by atoms with van der Waals surface area (Å²) in [4.78, 5) is 0. The van der Waals surface area contributed by atoms with Gasteiger partial charge in [-0.2, -0.15) is 0 Å². The van der Waals surface area contributed by atoms with Crippen LogP contribution in [-0.4, -0.2) is 16.3 Å². The zero-order valence-electron chi connectivity index (χ0n) is 3.22. The summed E-state index contributed by atoms with van der Waals surface area (Å²) < 4.78 is 0. The van der Waals surface area contributed by atoms with E-state index in [1.807, 2.05) is 0 Å². The highest BCUT2D eigenvalue weighted by Gasteiger charge is 1.06. The Balaban J connectivity index is -0.00000000167. The van der Waals surface area contributed by atoms with Crippen LogP contribution in [0, 0.1) is 0 Å². The van der Waals surface area contributed by atoms with Crippen molar-refractivity contribution in [3.05, 3.63) is 0 Å². The maximum Gasteiger partial charge on any atom is 0.207 e. The minimum atomic E-state index is 0. The molecule has 0 rings (SSSR count). The van der Waals surface area contributed by atoms with Crippen LogP contribution in [0.25, 0.3) is 0 Å². The van der Waals surface area contributed by atoms with Crippen LogP contribution >= 0.6 is 41.8 Å². The van der Waals surface area contributed by atoms with Crippen molar-refractivity contribution >= 4 is 58.1 Å². The van der Waals surface area contributed by atoms with Gasteiger partial charge in [0.2, 0.25) is 16.3 Å². The van der Waals surface area contributed by atoms with Crippen molar-refractivity contribution in [2.45, 2.75) is 5.79 Å². The summed E-state index contributed by atoms with van der Waals surface area (Å²) in [7, 11) is 0. The second kappa shape index (κ2) is 46.5. The first-order chi connectivity index (χ1) is 1.00. The van der Waals surface area contributed by atoms with E-state index in [1.54, 1.807) is 0 Å². The van der Waals surface area contributed by atoms with Gasteiger partial charge in [-0.05, 0) is 0 Å². The van der Waals surface area contributed by atoms with E-state index < -0.39 is 0 Å². The second-order valence-corrected chi connectivity index (χ2v) is 0. The molecule has 0 aromatic rings. The summed E-state index contributed by atoms with van der Waals surface area (Å²) >= 11 is 1.31. The summed E-state index contributed by atoms with van der Waals surface area (Å²) in [5, 5.41) is 0. The maximum absolute atomic E-state index is 2.14. The predicted octanol–water partition coefficient (Wildman–Crippen LogP) is 1.09. The van der Waals surface area contributed by atoms with Gasteiger partial charge in [0.15, 0.2) is 0 Å². The van der Waals surface area contributed by atoms with E-state index in [2.05, 4.69) is 5.79 Å². The van der Waals surface area contributed by atoms with Crippen molar-refractivity contribution in [3.8, 4) is 0 Å². The van der Waals surface area contributed by atoms with Gasteiger partial charge in [0, 0.05) is 0 Å². The highest BCUT2D eigenvalue weighted by molar-refractivity contribution is 8.93. The van der Waals surface area contributed by atoms with Crippen LogP contribution < -0.4 is 0 Å². The molecule has 36 valence electrons. The van der Waals surface area contributed by atoms with E-state index in [9.17, 15) is 0 Å². The Kier molecular flexibility index (Phi) is 285. The first-order valence-corrected chi connectivity index (χ1v) is 3.00. The maximum atomic E-state index is 2.14. The third-order valence-electron chi connectivity index (χ3n) is 0. The van der Waals surface area contributed by atoms with E-state index in [0.717, 1.165) is 0 Å². The molecule has 0 unspecified atom stereocenters. The lowest BCUT2D eigenvalue weighted by molar-refractivity contribution is 2.40. The molecule has 0 amide bonds. The minimum Gasteiger partial charge on any atom is -0.147 e. The summed E-state index contributed by atoms with van der Waals surface area (Å²) in [5.74, 6) is 2.14. The van der Waals surface area contributed by atoms with E-state index in [0.29, 0.717) is 0 Å². The molecule has 5 heavy (non-hydrogen) atoms. The molecule has 0 aromatic carbocycles. The van der Waals surface area contributed by atoms with Gasteiger partial charge in [0.05, 0.1) is 0 Å². The molecule has 0 nitrogen and oxygen atoms in total. The Morgan fingerprint density at radius 1 is 1.00 bits per heavy atom. The number of hydrogen-bond acceptors (Lipinski definition) is 0. The minimum absolute atomic E-state index is 0. The van der Waals surface area contributed by atoms with E-state index in [4.69, 9.17) is 0 Å². The molecule has 0 fully saturated rings. The van der Waals surface area contributed by atoms with Gasteiger partial charge in [-0.3, -0.25) is 0 Å². The molecule has 0 atom stereocenters. The van der Waals surface area contributed by atoms with Gasteiger partial charge in [-0.1, -0.05) is 0 Å². The number of hydrogen-bond donors (Lipinski definition) is 0. The largest absolute Gasteiger partial charge is 0.207 e. The van der Waals surface area contributed by atoms with Crippen LogP contribution in [0.1, 0.15) is 0 Å². The molecule has 0 aliphatic carbocycles. The first-order valence-electron chi connectivity index (χ1n) is 1.00. The lowest BCUT2D eigenvalue weighted by Crippen LogP contribution is -1.13. The van der Waals surface area contributed by atoms with Crippen molar-refractivity contribution in [1.29, 1.82) is 0 Å². The van der Waals surface area contributed by atoms with Crippen LogP contribution in [0.15, 0.2) is 0 Å². The molecule has 0 aliphatic rings. The first kappa shape index (κ1) is 30.7. The molecule has 0 aromatic heterocycles. The fourth-order valence-corrected chi connectivity index (χ4v) is 0. The van der Waals surface area contributed by atoms with E-state index in [-0.39, 0.29) is 41.8 Å². The Labute approximate surface area is 63.7 Å². The topological polar surface area (TPSA) is 0 Å². The second-order valence-electron chi connectivity index (χ2n) is 0. The van der Waals surface area contributed by atoms with Crippen molar-refractivity contribution in [1.82, 2.24) is 0 Å². The molecule has 0 radical (unpaired) electrons. The lowest BCUT2D eigenvalue weighted by Gasteiger charge is -0.965. The molecule has 4 heteroatoms. The highest BCUT2D eigenvalue weighted by atomic mass is 79.9. The van der Waals surface area contributed by atoms with Gasteiger partial charge in [0.1, 0.15) is 0 Å². The molecular formula is CH8AlBrCl2. The van der Waals surface area contributed by atoms with Crippen molar-refractivity contribution in [2.75, 3.05) is 0 Å². The van der Waals surface area contributed by atoms with Crippen LogP contribution in [0.5, 0.6) is 0 Å². The van der Waals surface area contributed by atoms with Gasteiger partial charge in [0.25, 0.3) is 0 Å². The van der Waals surface area contributed by atoms with Gasteiger partial charge >= 0.3 is 0 Å². The quantitative estimate of drug-likeness (QED) is 0.511. The Morgan fingerprint density at radius 2 is 1.00 bits per heavy atom. The van der Waals surface area contributed by atoms with Crippen molar-refractivity contribution < 1.29 is 0 Å². The average molecular weight is 198 g/mol. The Morgan fingerprint density at radius 3 is 1.00 bits per heavy atom. The Hall–Kier alpha value is 1.59. The van der Waals surface area contributed by atoms with Gasteiger partial charge < -0.3 is 0 Å². The van der Waals surface area contributed by atoms with Crippen LogP contribution in [0.2, 0.25) is 5.79 Å². The fraction of sp³-hybridized carbons (Fsp3) is 1.00. The zero-order valence-corrected chi connectivity index (χ0v) is 8.57. The normalized spacial score (nSPS) is 1.00. The summed E-state index contributed by atoms with van der Waals surface area (Å²) in [6, 6.07) is 0. The van der Waals surface area contributed by atoms with Gasteiger partial charge in [-0.15, -0.1) is 47.6 Å². The summed E-state index contributed by atoms with van der Waals surface area (Å²) in [6.45, 7) is 0. The lowest BCUT2D eigenvalue weighted by atomic mass is 11.9. The molecule has 0 N–H and O–H groups in total. The third-order valence-corrected chi connectivity index (χ3v) is 0. The van der Waals surface area contributed by atoms with E-state index >= 15 is 0 Å². The predicted molar refractivity (Wildman–Crippen MR) is 39.2 cm³/mol. The smallest absolute Gasteiger partial charge is 0.147 e. The zero-order chi connectivity index (χ0) is 2.00. The molecule has 0 bridgehead atoms. The van der Waals surface area contributed by atoms with E-state index in [1.165, 1.54) is 16.3 Å². The standard InChI is InChI=1S/CH3.Al.BrH.2ClH.2H/h1H3;;3*1H;;. The molecular weight excluding hydrogens is 190 g/mol. The highest BCUT2D eigenvalue weighted by Crippen LogP contribution is 0.960. The van der Waals surface area contributed by atoms with Crippen LogP contribution in [0.3, 0.4) is 0 Å². The van der Waals surface area contributed by atoms with Crippen molar-refractivity contribution in [2.24, 2.45) is 0 Å². The number of rotatable bonds is 0. The fourth-order valence-electron chi connectivity index (χ4n) is 0. The molecule has 0 saturated carbocycles. The monoisotopic (exact) mass is 196 g/mol. The van der Waals surface area contributed by atoms with Gasteiger partial charge in [-0.25, -0.2) is 0 Å². The summed E-state index contributed by atoms with van der Waals surface area (Å²) in [5.41, 5.74) is 0. The molecule has 0 heterocycles. The molecule has 0 spiro atoms. The van der Waals surface area contributed by atoms with Crippen LogP contribution in [-0.2, 0) is 0 Å².